The van der Waals surface area contributed by atoms with Gasteiger partial charge in [0.25, 0.3) is 5.56 Å². The number of nitrogens with one attached hydrogen (secondary N) is 1. The lowest BCUT2D eigenvalue weighted by Gasteiger charge is -2.17. The molecule has 0 aliphatic carbocycles. The largest absolute Gasteiger partial charge is 0.353 e. The quantitative estimate of drug-likeness (QED) is 0.585. The molecule has 146 valence electrons. The molecule has 0 aliphatic heterocycles. The molecule has 0 saturated carbocycles. The molecule has 27 heavy (non-hydrogen) atoms. The molecular formula is C21H29N3O2S. The van der Waals surface area contributed by atoms with Gasteiger partial charge in [-0.05, 0) is 37.8 Å². The Kier molecular flexibility index (Phi) is 7.25. The van der Waals surface area contributed by atoms with Crippen molar-refractivity contribution in [1.29, 1.82) is 0 Å². The maximum absolute atomic E-state index is 12.8. The van der Waals surface area contributed by atoms with Gasteiger partial charge in [-0.2, -0.15) is 0 Å². The summed E-state index contributed by atoms with van der Waals surface area (Å²) in [5, 5.41) is 3.54. The molecule has 1 heterocycles. The fourth-order valence-corrected chi connectivity index (χ4v) is 3.48. The molecule has 1 aromatic heterocycles. The van der Waals surface area contributed by atoms with Crippen LogP contribution >= 0.6 is 11.8 Å². The number of aryl methyl sites for hydroxylation is 2. The van der Waals surface area contributed by atoms with Gasteiger partial charge in [0.05, 0.1) is 5.75 Å². The fraction of sp³-hybridized carbons (Fsp3) is 0.476. The predicted molar refractivity (Wildman–Crippen MR) is 111 cm³/mol. The Hall–Kier alpha value is -2.08. The monoisotopic (exact) mass is 387 g/mol. The number of amides is 1. The molecule has 0 aliphatic rings. The number of benzene rings is 1. The lowest BCUT2D eigenvalue weighted by Crippen LogP contribution is -2.37. The standard InChI is InChI=1S/C21H29N3O2S/c1-13(2)15(4)22-19(25)12-27-21-23-16(5)18(20(26)24(21)6)11-17-10-8-7-9-14(17)3/h7-10,13,15H,11-12H2,1-6H3,(H,22,25). The first kappa shape index (κ1) is 21.2. The summed E-state index contributed by atoms with van der Waals surface area (Å²) < 4.78 is 1.55. The van der Waals surface area contributed by atoms with Crippen LogP contribution in [0.5, 0.6) is 0 Å². The summed E-state index contributed by atoms with van der Waals surface area (Å²) in [6, 6.07) is 8.18. The molecule has 1 aromatic carbocycles. The molecule has 0 spiro atoms. The molecular weight excluding hydrogens is 358 g/mol. The second-order valence-electron chi connectivity index (χ2n) is 7.31. The van der Waals surface area contributed by atoms with Crippen LogP contribution in [0, 0.1) is 19.8 Å². The van der Waals surface area contributed by atoms with Gasteiger partial charge in [-0.25, -0.2) is 4.98 Å². The van der Waals surface area contributed by atoms with Crippen LogP contribution in [0.1, 0.15) is 43.2 Å². The summed E-state index contributed by atoms with van der Waals surface area (Å²) in [5.41, 5.74) is 3.66. The van der Waals surface area contributed by atoms with Crippen LogP contribution in [0.2, 0.25) is 0 Å². The van der Waals surface area contributed by atoms with Crippen LogP contribution in [0.3, 0.4) is 0 Å². The van der Waals surface area contributed by atoms with Gasteiger partial charge in [-0.15, -0.1) is 0 Å². The number of rotatable bonds is 7. The Morgan fingerprint density at radius 2 is 1.89 bits per heavy atom. The highest BCUT2D eigenvalue weighted by molar-refractivity contribution is 7.99. The first-order chi connectivity index (χ1) is 12.7. The van der Waals surface area contributed by atoms with E-state index in [1.807, 2.05) is 45.0 Å². The SMILES string of the molecule is Cc1ccccc1Cc1c(C)nc(SCC(=O)NC(C)C(C)C)n(C)c1=O. The molecule has 1 atom stereocenters. The van der Waals surface area contributed by atoms with Crippen LogP contribution in [-0.2, 0) is 18.3 Å². The van der Waals surface area contributed by atoms with E-state index < -0.39 is 0 Å². The highest BCUT2D eigenvalue weighted by Gasteiger charge is 2.16. The van der Waals surface area contributed by atoms with Crippen molar-refractivity contribution in [3.05, 3.63) is 57.0 Å². The predicted octanol–water partition coefficient (Wildman–Crippen LogP) is 3.24. The minimum Gasteiger partial charge on any atom is -0.353 e. The van der Waals surface area contributed by atoms with E-state index in [1.54, 1.807) is 11.6 Å². The molecule has 1 N–H and O–H groups in total. The lowest BCUT2D eigenvalue weighted by molar-refractivity contribution is -0.119. The molecule has 6 heteroatoms. The van der Waals surface area contributed by atoms with Gasteiger partial charge in [-0.1, -0.05) is 49.9 Å². The number of carbonyl (C=O) groups is 1. The summed E-state index contributed by atoms with van der Waals surface area (Å²) in [5.74, 6) is 0.579. The third-order valence-corrected chi connectivity index (χ3v) is 5.93. The van der Waals surface area contributed by atoms with E-state index in [9.17, 15) is 9.59 Å². The van der Waals surface area contributed by atoms with Crippen molar-refractivity contribution in [3.63, 3.8) is 0 Å². The van der Waals surface area contributed by atoms with Gasteiger partial charge in [0.2, 0.25) is 5.91 Å². The number of aromatic nitrogens is 2. The summed E-state index contributed by atoms with van der Waals surface area (Å²) in [4.78, 5) is 29.5. The van der Waals surface area contributed by atoms with Crippen molar-refractivity contribution in [3.8, 4) is 0 Å². The Labute approximate surface area is 165 Å². The fourth-order valence-electron chi connectivity index (χ4n) is 2.65. The van der Waals surface area contributed by atoms with Gasteiger partial charge in [0.1, 0.15) is 0 Å². The third kappa shape index (κ3) is 5.45. The van der Waals surface area contributed by atoms with Gasteiger partial charge >= 0.3 is 0 Å². The van der Waals surface area contributed by atoms with Gasteiger partial charge < -0.3 is 5.32 Å². The van der Waals surface area contributed by atoms with E-state index >= 15 is 0 Å². The summed E-state index contributed by atoms with van der Waals surface area (Å²) in [7, 11) is 1.72. The van der Waals surface area contributed by atoms with Crippen molar-refractivity contribution in [2.75, 3.05) is 5.75 Å². The van der Waals surface area contributed by atoms with Gasteiger partial charge in [0, 0.05) is 30.8 Å². The minimum atomic E-state index is -0.0517. The Balaban J connectivity index is 2.16. The van der Waals surface area contributed by atoms with Crippen LogP contribution in [-0.4, -0.2) is 27.3 Å². The van der Waals surface area contributed by atoms with E-state index in [2.05, 4.69) is 24.1 Å². The summed E-state index contributed by atoms with van der Waals surface area (Å²) >= 11 is 1.30. The smallest absolute Gasteiger partial charge is 0.257 e. The maximum atomic E-state index is 12.8. The third-order valence-electron chi connectivity index (χ3n) is 4.90. The van der Waals surface area contributed by atoms with Crippen molar-refractivity contribution < 1.29 is 4.79 Å². The molecule has 0 saturated heterocycles. The lowest BCUT2D eigenvalue weighted by atomic mass is 10.0. The van der Waals surface area contributed by atoms with Crippen molar-refractivity contribution in [2.24, 2.45) is 13.0 Å². The highest BCUT2D eigenvalue weighted by atomic mass is 32.2. The van der Waals surface area contributed by atoms with Crippen LogP contribution in [0.4, 0.5) is 0 Å². The average Bonchev–Trinajstić information content (AvgIpc) is 2.61. The van der Waals surface area contributed by atoms with Gasteiger partial charge in [0.15, 0.2) is 5.16 Å². The van der Waals surface area contributed by atoms with E-state index in [1.165, 1.54) is 11.8 Å². The van der Waals surface area contributed by atoms with Crippen molar-refractivity contribution in [1.82, 2.24) is 14.9 Å². The molecule has 0 radical (unpaired) electrons. The van der Waals surface area contributed by atoms with Crippen molar-refractivity contribution in [2.45, 2.75) is 52.2 Å². The normalized spacial score (nSPS) is 12.3. The van der Waals surface area contributed by atoms with E-state index in [4.69, 9.17) is 0 Å². The highest BCUT2D eigenvalue weighted by Crippen LogP contribution is 2.18. The molecule has 0 bridgehead atoms. The zero-order chi connectivity index (χ0) is 20.1. The van der Waals surface area contributed by atoms with Crippen LogP contribution in [0.25, 0.3) is 0 Å². The Morgan fingerprint density at radius 1 is 1.22 bits per heavy atom. The molecule has 5 nitrogen and oxygen atoms in total. The zero-order valence-electron chi connectivity index (χ0n) is 17.0. The van der Waals surface area contributed by atoms with Crippen LogP contribution in [0.15, 0.2) is 34.2 Å². The first-order valence-electron chi connectivity index (χ1n) is 9.23. The number of nitrogens with zero attached hydrogens (tertiary/aromatic N) is 2. The van der Waals surface area contributed by atoms with E-state index in [0.29, 0.717) is 23.1 Å². The number of carbonyl (C=O) groups excluding carboxylic acids is 1. The molecule has 1 unspecified atom stereocenters. The van der Waals surface area contributed by atoms with Gasteiger partial charge in [-0.3, -0.25) is 14.2 Å². The zero-order valence-corrected chi connectivity index (χ0v) is 17.8. The number of thioether (sulfide) groups is 1. The number of hydrogen-bond donors (Lipinski definition) is 1. The summed E-state index contributed by atoms with van der Waals surface area (Å²) in [6.07, 6.45) is 0.565. The molecule has 1 amide bonds. The second kappa shape index (κ2) is 9.22. The first-order valence-corrected chi connectivity index (χ1v) is 10.2. The van der Waals surface area contributed by atoms with E-state index in [0.717, 1.165) is 16.8 Å². The minimum absolute atomic E-state index is 0.0444. The Bertz CT molecular complexity index is 874. The summed E-state index contributed by atoms with van der Waals surface area (Å²) in [6.45, 7) is 10.0. The molecule has 0 fully saturated rings. The van der Waals surface area contributed by atoms with E-state index in [-0.39, 0.29) is 23.3 Å². The van der Waals surface area contributed by atoms with Crippen LogP contribution < -0.4 is 10.9 Å². The second-order valence-corrected chi connectivity index (χ2v) is 8.26. The topological polar surface area (TPSA) is 64.0 Å². The Morgan fingerprint density at radius 3 is 2.52 bits per heavy atom. The van der Waals surface area contributed by atoms with Crippen molar-refractivity contribution >= 4 is 17.7 Å². The molecule has 2 aromatic rings. The average molecular weight is 388 g/mol. The number of hydrogen-bond acceptors (Lipinski definition) is 4. The maximum Gasteiger partial charge on any atom is 0.257 e. The molecule has 2 rings (SSSR count).